The average Bonchev–Trinajstić information content (AvgIpc) is 1.63. The summed E-state index contributed by atoms with van der Waals surface area (Å²) < 4.78 is 0. The van der Waals surface area contributed by atoms with Gasteiger partial charge in [0.25, 0.3) is 0 Å². The van der Waals surface area contributed by atoms with Gasteiger partial charge < -0.3 is 5.11 Å². The SMILES string of the molecule is CC(=O)SC=CC(=O)O. The van der Waals surface area contributed by atoms with Gasteiger partial charge in [0.2, 0.25) is 0 Å². The minimum atomic E-state index is -1.04. The Bertz CT molecular complexity index is 150. The second-order valence-electron chi connectivity index (χ2n) is 1.25. The molecule has 0 aromatic heterocycles. The van der Waals surface area contributed by atoms with Crippen molar-refractivity contribution in [1.82, 2.24) is 0 Å². The zero-order chi connectivity index (χ0) is 7.28. The number of carboxylic acid groups (broad SMARTS) is 1. The Labute approximate surface area is 56.7 Å². The van der Waals surface area contributed by atoms with E-state index in [1.807, 2.05) is 0 Å². The molecule has 0 aromatic carbocycles. The topological polar surface area (TPSA) is 54.4 Å². The lowest BCUT2D eigenvalue weighted by atomic mass is 10.7. The molecule has 3 nitrogen and oxygen atoms in total. The number of rotatable bonds is 2. The number of carboxylic acids is 1. The maximum Gasteiger partial charge on any atom is 0.328 e. The van der Waals surface area contributed by atoms with Crippen LogP contribution < -0.4 is 0 Å². The maximum atomic E-state index is 10.1. The minimum Gasteiger partial charge on any atom is -0.478 e. The average molecular weight is 146 g/mol. The summed E-state index contributed by atoms with van der Waals surface area (Å²) in [5, 5.41) is 9.14. The summed E-state index contributed by atoms with van der Waals surface area (Å²) in [4.78, 5) is 19.9. The summed E-state index contributed by atoms with van der Waals surface area (Å²) in [5.74, 6) is -1.04. The number of hydrogen-bond acceptors (Lipinski definition) is 3. The van der Waals surface area contributed by atoms with Crippen LogP contribution in [0, 0.1) is 0 Å². The van der Waals surface area contributed by atoms with E-state index in [4.69, 9.17) is 5.11 Å². The molecule has 0 spiro atoms. The Morgan fingerprint density at radius 1 is 1.56 bits per heavy atom. The van der Waals surface area contributed by atoms with Crippen molar-refractivity contribution in [3.8, 4) is 0 Å². The van der Waals surface area contributed by atoms with E-state index in [-0.39, 0.29) is 5.12 Å². The van der Waals surface area contributed by atoms with E-state index in [9.17, 15) is 9.59 Å². The second-order valence-corrected chi connectivity index (χ2v) is 2.33. The van der Waals surface area contributed by atoms with Crippen LogP contribution in [0.15, 0.2) is 11.5 Å². The van der Waals surface area contributed by atoms with Crippen LogP contribution in [-0.2, 0) is 9.59 Å². The van der Waals surface area contributed by atoms with Crippen molar-refractivity contribution >= 4 is 22.8 Å². The van der Waals surface area contributed by atoms with E-state index in [0.717, 1.165) is 17.8 Å². The van der Waals surface area contributed by atoms with Crippen LogP contribution in [0.25, 0.3) is 0 Å². The fourth-order valence-electron chi connectivity index (χ4n) is 0.188. The Kier molecular flexibility index (Phi) is 3.79. The summed E-state index contributed by atoms with van der Waals surface area (Å²) in [5.41, 5.74) is 0. The quantitative estimate of drug-likeness (QED) is 0.587. The van der Waals surface area contributed by atoms with Gasteiger partial charge in [-0.2, -0.15) is 0 Å². The first-order chi connectivity index (χ1) is 4.13. The molecule has 50 valence electrons. The minimum absolute atomic E-state index is 0.118. The molecule has 0 rings (SSSR count). The molecule has 0 radical (unpaired) electrons. The fourth-order valence-corrected chi connectivity index (χ4v) is 0.564. The highest BCUT2D eigenvalue weighted by atomic mass is 32.2. The predicted octanol–water partition coefficient (Wildman–Crippen LogP) is 0.864. The highest BCUT2D eigenvalue weighted by Gasteiger charge is 1.88. The van der Waals surface area contributed by atoms with Gasteiger partial charge in [-0.05, 0) is 5.41 Å². The highest BCUT2D eigenvalue weighted by Crippen LogP contribution is 2.01. The highest BCUT2D eigenvalue weighted by molar-refractivity contribution is 8.16. The van der Waals surface area contributed by atoms with Gasteiger partial charge in [-0.25, -0.2) is 4.79 Å². The first kappa shape index (κ1) is 8.23. The molecule has 0 saturated carbocycles. The van der Waals surface area contributed by atoms with Crippen LogP contribution in [-0.4, -0.2) is 16.2 Å². The van der Waals surface area contributed by atoms with Gasteiger partial charge in [-0.3, -0.25) is 4.79 Å². The largest absolute Gasteiger partial charge is 0.478 e. The molecule has 0 atom stereocenters. The van der Waals surface area contributed by atoms with Gasteiger partial charge in [-0.15, -0.1) is 0 Å². The lowest BCUT2D eigenvalue weighted by Crippen LogP contribution is -1.85. The normalized spacial score (nSPS) is 9.89. The van der Waals surface area contributed by atoms with Crippen molar-refractivity contribution in [2.45, 2.75) is 6.92 Å². The molecular weight excluding hydrogens is 140 g/mol. The van der Waals surface area contributed by atoms with Crippen molar-refractivity contribution in [1.29, 1.82) is 0 Å². The Hall–Kier alpha value is -0.770. The van der Waals surface area contributed by atoms with Crippen LogP contribution in [0.3, 0.4) is 0 Å². The van der Waals surface area contributed by atoms with Gasteiger partial charge >= 0.3 is 5.97 Å². The molecule has 0 bridgehead atoms. The summed E-state index contributed by atoms with van der Waals surface area (Å²) in [6, 6.07) is 0. The first-order valence-corrected chi connectivity index (χ1v) is 3.07. The molecule has 4 heteroatoms. The summed E-state index contributed by atoms with van der Waals surface area (Å²) in [7, 11) is 0. The molecule has 0 fully saturated rings. The Balaban J connectivity index is 3.48. The summed E-state index contributed by atoms with van der Waals surface area (Å²) in [6.07, 6.45) is 0.923. The smallest absolute Gasteiger partial charge is 0.328 e. The van der Waals surface area contributed by atoms with Crippen LogP contribution in [0.4, 0.5) is 0 Å². The van der Waals surface area contributed by atoms with Crippen LogP contribution >= 0.6 is 11.8 Å². The Morgan fingerprint density at radius 3 is 2.44 bits per heavy atom. The van der Waals surface area contributed by atoms with Crippen molar-refractivity contribution < 1.29 is 14.7 Å². The van der Waals surface area contributed by atoms with Gasteiger partial charge in [0.15, 0.2) is 5.12 Å². The predicted molar refractivity (Wildman–Crippen MR) is 35.0 cm³/mol. The number of carbonyl (C=O) groups is 2. The monoisotopic (exact) mass is 146 g/mol. The first-order valence-electron chi connectivity index (χ1n) is 2.19. The molecule has 0 saturated heterocycles. The van der Waals surface area contributed by atoms with Gasteiger partial charge in [-0.1, -0.05) is 11.8 Å². The van der Waals surface area contributed by atoms with Gasteiger partial charge in [0.05, 0.1) is 0 Å². The van der Waals surface area contributed by atoms with E-state index >= 15 is 0 Å². The fraction of sp³-hybridized carbons (Fsp3) is 0.200. The molecular formula is C5H6O3S. The van der Waals surface area contributed by atoms with Crippen LogP contribution in [0.5, 0.6) is 0 Å². The van der Waals surface area contributed by atoms with Crippen LogP contribution in [0.1, 0.15) is 6.92 Å². The van der Waals surface area contributed by atoms with E-state index in [0.29, 0.717) is 0 Å². The lowest BCUT2D eigenvalue weighted by Gasteiger charge is -1.80. The zero-order valence-electron chi connectivity index (χ0n) is 4.83. The number of hydrogen-bond donors (Lipinski definition) is 1. The van der Waals surface area contributed by atoms with Crippen molar-refractivity contribution in [3.63, 3.8) is 0 Å². The maximum absolute atomic E-state index is 10.1. The zero-order valence-corrected chi connectivity index (χ0v) is 5.64. The molecule has 0 heterocycles. The lowest BCUT2D eigenvalue weighted by molar-refractivity contribution is -0.131. The van der Waals surface area contributed by atoms with Gasteiger partial charge in [0.1, 0.15) is 0 Å². The molecule has 0 aromatic rings. The second kappa shape index (κ2) is 4.14. The van der Waals surface area contributed by atoms with E-state index < -0.39 is 5.97 Å². The van der Waals surface area contributed by atoms with Crippen molar-refractivity contribution in [2.24, 2.45) is 0 Å². The molecule has 1 N–H and O–H groups in total. The summed E-state index contributed by atoms with van der Waals surface area (Å²) >= 11 is 0.859. The standard InChI is InChI=1S/C5H6O3S/c1-4(6)9-3-2-5(7)8/h2-3H,1H3,(H,7,8). The van der Waals surface area contributed by atoms with E-state index in [1.165, 1.54) is 12.3 Å². The van der Waals surface area contributed by atoms with Crippen LogP contribution in [0.2, 0.25) is 0 Å². The third kappa shape index (κ3) is 7.23. The molecule has 0 unspecified atom stereocenters. The van der Waals surface area contributed by atoms with E-state index in [1.54, 1.807) is 0 Å². The number of aliphatic carboxylic acids is 1. The number of carbonyl (C=O) groups excluding carboxylic acids is 1. The van der Waals surface area contributed by atoms with Crippen molar-refractivity contribution in [2.75, 3.05) is 0 Å². The third-order valence-corrected chi connectivity index (χ3v) is 1.05. The molecule has 0 aliphatic heterocycles. The Morgan fingerprint density at radius 2 is 2.11 bits per heavy atom. The number of thioether (sulfide) groups is 1. The summed E-state index contributed by atoms with van der Waals surface area (Å²) in [6.45, 7) is 1.37. The third-order valence-electron chi connectivity index (χ3n) is 0.445. The van der Waals surface area contributed by atoms with Gasteiger partial charge in [0, 0.05) is 13.0 Å². The molecule has 0 aliphatic rings. The molecule has 0 amide bonds. The molecule has 0 aliphatic carbocycles. The van der Waals surface area contributed by atoms with Crippen molar-refractivity contribution in [3.05, 3.63) is 11.5 Å². The molecule has 9 heavy (non-hydrogen) atoms. The van der Waals surface area contributed by atoms with E-state index in [2.05, 4.69) is 0 Å².